The van der Waals surface area contributed by atoms with Crippen molar-refractivity contribution >= 4 is 5.97 Å². The Morgan fingerprint density at radius 2 is 2.00 bits per heavy atom. The molecule has 1 aromatic rings. The van der Waals surface area contributed by atoms with Crippen molar-refractivity contribution in [3.63, 3.8) is 0 Å². The van der Waals surface area contributed by atoms with Crippen molar-refractivity contribution in [2.75, 3.05) is 13.2 Å². The summed E-state index contributed by atoms with van der Waals surface area (Å²) in [5.41, 5.74) is 0.782. The van der Waals surface area contributed by atoms with Crippen molar-refractivity contribution < 1.29 is 19.7 Å². The van der Waals surface area contributed by atoms with Crippen LogP contribution in [0.3, 0.4) is 0 Å². The van der Waals surface area contributed by atoms with E-state index in [0.717, 1.165) is 17.7 Å². The molecule has 2 atom stereocenters. The molecule has 0 aliphatic rings. The molecule has 2 unspecified atom stereocenters. The zero-order valence-electron chi connectivity index (χ0n) is 12.0. The first-order valence-corrected chi connectivity index (χ1v) is 6.90. The van der Waals surface area contributed by atoms with Gasteiger partial charge in [-0.05, 0) is 31.0 Å². The van der Waals surface area contributed by atoms with E-state index >= 15 is 0 Å². The third-order valence-corrected chi connectivity index (χ3v) is 2.97. The second kappa shape index (κ2) is 8.55. The monoisotopic (exact) mass is 281 g/mol. The Labute approximate surface area is 119 Å². The third kappa shape index (κ3) is 5.59. The average molecular weight is 281 g/mol. The van der Waals surface area contributed by atoms with Crippen molar-refractivity contribution in [3.8, 4) is 5.75 Å². The van der Waals surface area contributed by atoms with Gasteiger partial charge in [-0.2, -0.15) is 0 Å². The fourth-order valence-corrected chi connectivity index (χ4v) is 1.79. The molecule has 0 aromatic heterocycles. The molecule has 112 valence electrons. The van der Waals surface area contributed by atoms with E-state index in [0.29, 0.717) is 13.2 Å². The first kappa shape index (κ1) is 16.5. The molecule has 0 saturated heterocycles. The number of hydrogen-bond donors (Lipinski definition) is 3. The molecular formula is C15H23NO4. The number of hydrogen-bond acceptors (Lipinski definition) is 4. The molecule has 20 heavy (non-hydrogen) atoms. The van der Waals surface area contributed by atoms with Gasteiger partial charge in [0.25, 0.3) is 0 Å². The van der Waals surface area contributed by atoms with Crippen LogP contribution in [0.4, 0.5) is 0 Å². The number of aliphatic hydroxyl groups is 1. The van der Waals surface area contributed by atoms with E-state index in [-0.39, 0.29) is 12.5 Å². The number of benzene rings is 1. The number of aliphatic hydroxyl groups excluding tert-OH is 1. The molecule has 0 heterocycles. The van der Waals surface area contributed by atoms with Crippen LogP contribution >= 0.6 is 0 Å². The largest absolute Gasteiger partial charge is 0.494 e. The zero-order chi connectivity index (χ0) is 15.0. The standard InChI is InChI=1S/C15H23NO4/c1-3-10-20-13-6-4-12(5-7-13)15(19)11(2)16-9-8-14(17)18/h4-7,11,15-16,19H,3,8-10H2,1-2H3,(H,17,18). The number of aliphatic carboxylic acids is 1. The molecule has 1 rings (SSSR count). The van der Waals surface area contributed by atoms with Crippen molar-refractivity contribution in [2.24, 2.45) is 0 Å². The van der Waals surface area contributed by atoms with Gasteiger partial charge in [-0.3, -0.25) is 4.79 Å². The molecule has 0 saturated carbocycles. The van der Waals surface area contributed by atoms with Crippen LogP contribution in [0.1, 0.15) is 38.4 Å². The van der Waals surface area contributed by atoms with Crippen LogP contribution in [-0.4, -0.2) is 35.4 Å². The minimum Gasteiger partial charge on any atom is -0.494 e. The molecule has 0 aliphatic heterocycles. The molecule has 0 amide bonds. The maximum Gasteiger partial charge on any atom is 0.304 e. The van der Waals surface area contributed by atoms with Crippen molar-refractivity contribution in [3.05, 3.63) is 29.8 Å². The lowest BCUT2D eigenvalue weighted by Crippen LogP contribution is -2.33. The molecule has 0 bridgehead atoms. The van der Waals surface area contributed by atoms with E-state index in [1.54, 1.807) is 0 Å². The van der Waals surface area contributed by atoms with Crippen molar-refractivity contribution in [1.29, 1.82) is 0 Å². The molecule has 1 aromatic carbocycles. The number of carbonyl (C=O) groups is 1. The Morgan fingerprint density at radius 1 is 1.35 bits per heavy atom. The predicted molar refractivity (Wildman–Crippen MR) is 76.9 cm³/mol. The van der Waals surface area contributed by atoms with E-state index in [2.05, 4.69) is 5.32 Å². The number of nitrogens with one attached hydrogen (secondary N) is 1. The van der Waals surface area contributed by atoms with Crippen molar-refractivity contribution in [2.45, 2.75) is 38.8 Å². The second-order valence-electron chi connectivity index (χ2n) is 4.75. The minimum absolute atomic E-state index is 0.0425. The lowest BCUT2D eigenvalue weighted by Gasteiger charge is -2.20. The fourth-order valence-electron chi connectivity index (χ4n) is 1.79. The summed E-state index contributed by atoms with van der Waals surface area (Å²) in [7, 11) is 0. The molecule has 0 radical (unpaired) electrons. The number of carboxylic acids is 1. The van der Waals surface area contributed by atoms with Crippen LogP contribution in [0.25, 0.3) is 0 Å². The van der Waals surface area contributed by atoms with Crippen LogP contribution in [-0.2, 0) is 4.79 Å². The van der Waals surface area contributed by atoms with Crippen LogP contribution < -0.4 is 10.1 Å². The highest BCUT2D eigenvalue weighted by Crippen LogP contribution is 2.20. The highest BCUT2D eigenvalue weighted by molar-refractivity contribution is 5.66. The normalized spacial score (nSPS) is 13.8. The Balaban J connectivity index is 2.49. The summed E-state index contributed by atoms with van der Waals surface area (Å²) in [4.78, 5) is 10.4. The fraction of sp³-hybridized carbons (Fsp3) is 0.533. The average Bonchev–Trinajstić information content (AvgIpc) is 2.44. The Hall–Kier alpha value is -1.59. The van der Waals surface area contributed by atoms with E-state index in [9.17, 15) is 9.90 Å². The van der Waals surface area contributed by atoms with E-state index < -0.39 is 12.1 Å². The molecule has 5 nitrogen and oxygen atoms in total. The number of carboxylic acid groups (broad SMARTS) is 1. The second-order valence-corrected chi connectivity index (χ2v) is 4.75. The highest BCUT2D eigenvalue weighted by Gasteiger charge is 2.16. The van der Waals surface area contributed by atoms with Crippen LogP contribution in [0.15, 0.2) is 24.3 Å². The van der Waals surface area contributed by atoms with Crippen LogP contribution in [0, 0.1) is 0 Å². The van der Waals surface area contributed by atoms with Gasteiger partial charge >= 0.3 is 5.97 Å². The van der Waals surface area contributed by atoms with E-state index in [1.807, 2.05) is 38.1 Å². The lowest BCUT2D eigenvalue weighted by atomic mass is 10.0. The summed E-state index contributed by atoms with van der Waals surface area (Å²) in [6.45, 7) is 4.89. The lowest BCUT2D eigenvalue weighted by molar-refractivity contribution is -0.136. The summed E-state index contributed by atoms with van der Waals surface area (Å²) in [5.74, 6) is -0.0640. The maximum absolute atomic E-state index is 10.4. The van der Waals surface area contributed by atoms with Gasteiger partial charge in [0, 0.05) is 12.6 Å². The summed E-state index contributed by atoms with van der Waals surface area (Å²) in [6.07, 6.45) is 0.319. The summed E-state index contributed by atoms with van der Waals surface area (Å²) < 4.78 is 5.48. The van der Waals surface area contributed by atoms with E-state index in [4.69, 9.17) is 9.84 Å². The number of rotatable bonds is 9. The Bertz CT molecular complexity index is 405. The topological polar surface area (TPSA) is 78.8 Å². The highest BCUT2D eigenvalue weighted by atomic mass is 16.5. The van der Waals surface area contributed by atoms with Gasteiger partial charge in [0.1, 0.15) is 5.75 Å². The number of ether oxygens (including phenoxy) is 1. The SMILES string of the molecule is CCCOc1ccc(C(O)C(C)NCCC(=O)O)cc1. The van der Waals surface area contributed by atoms with Gasteiger partial charge in [0.15, 0.2) is 0 Å². The first-order valence-electron chi connectivity index (χ1n) is 6.90. The molecule has 0 spiro atoms. The van der Waals surface area contributed by atoms with Crippen molar-refractivity contribution in [1.82, 2.24) is 5.32 Å². The molecule has 0 aliphatic carbocycles. The van der Waals surface area contributed by atoms with Gasteiger partial charge in [0.05, 0.1) is 19.1 Å². The van der Waals surface area contributed by atoms with Crippen LogP contribution in [0.2, 0.25) is 0 Å². The van der Waals surface area contributed by atoms with Gasteiger partial charge in [-0.15, -0.1) is 0 Å². The zero-order valence-corrected chi connectivity index (χ0v) is 12.0. The summed E-state index contributed by atoms with van der Waals surface area (Å²) >= 11 is 0. The minimum atomic E-state index is -0.850. The Morgan fingerprint density at radius 3 is 2.55 bits per heavy atom. The van der Waals surface area contributed by atoms with Gasteiger partial charge in [-0.25, -0.2) is 0 Å². The molecular weight excluding hydrogens is 258 g/mol. The quantitative estimate of drug-likeness (QED) is 0.645. The molecule has 5 heteroatoms. The van der Waals surface area contributed by atoms with Gasteiger partial charge < -0.3 is 20.3 Å². The van der Waals surface area contributed by atoms with Gasteiger partial charge in [0.2, 0.25) is 0 Å². The first-order chi connectivity index (χ1) is 9.54. The Kier molecular flexibility index (Phi) is 7.04. The maximum atomic E-state index is 10.4. The van der Waals surface area contributed by atoms with E-state index in [1.165, 1.54) is 0 Å². The van der Waals surface area contributed by atoms with Crippen LogP contribution in [0.5, 0.6) is 5.75 Å². The summed E-state index contributed by atoms with van der Waals surface area (Å²) in [5, 5.41) is 21.7. The smallest absolute Gasteiger partial charge is 0.304 e. The summed E-state index contributed by atoms with van der Waals surface area (Å²) in [6, 6.07) is 7.10. The molecule has 3 N–H and O–H groups in total. The van der Waals surface area contributed by atoms with Gasteiger partial charge in [-0.1, -0.05) is 19.1 Å². The third-order valence-electron chi connectivity index (χ3n) is 2.97. The predicted octanol–water partition coefficient (Wildman–Crippen LogP) is 1.96. The molecule has 0 fully saturated rings.